The van der Waals surface area contributed by atoms with Crippen LogP contribution in [0.1, 0.15) is 5.56 Å². The van der Waals surface area contributed by atoms with Crippen LogP contribution >= 0.6 is 0 Å². The molecule has 1 N–H and O–H groups in total. The molecule has 1 aromatic heterocycles. The van der Waals surface area contributed by atoms with Crippen molar-refractivity contribution in [2.75, 3.05) is 0 Å². The standard InChI is InChI=1S/C12H5F6NO/c13-7-4-9(15)8(14)3-6(7)10-1-5(12(16,17)18)2-11(20)19-10/h1-4H,(H,19,20). The lowest BCUT2D eigenvalue weighted by molar-refractivity contribution is -0.137. The summed E-state index contributed by atoms with van der Waals surface area (Å²) >= 11 is 0. The van der Waals surface area contributed by atoms with E-state index in [-0.39, 0.29) is 12.1 Å². The Morgan fingerprint density at radius 2 is 1.45 bits per heavy atom. The molecule has 0 aliphatic carbocycles. The van der Waals surface area contributed by atoms with Crippen LogP contribution in [0, 0.1) is 17.5 Å². The number of benzene rings is 1. The van der Waals surface area contributed by atoms with E-state index in [1.54, 1.807) is 0 Å². The number of hydrogen-bond acceptors (Lipinski definition) is 1. The normalized spacial score (nSPS) is 11.7. The molecule has 0 atom stereocenters. The summed E-state index contributed by atoms with van der Waals surface area (Å²) in [6, 6.07) is 1.28. The zero-order valence-corrected chi connectivity index (χ0v) is 9.49. The zero-order chi connectivity index (χ0) is 15.1. The second-order valence-corrected chi connectivity index (χ2v) is 3.89. The van der Waals surface area contributed by atoms with Gasteiger partial charge in [0.1, 0.15) is 5.82 Å². The van der Waals surface area contributed by atoms with Gasteiger partial charge >= 0.3 is 6.18 Å². The lowest BCUT2D eigenvalue weighted by atomic mass is 10.1. The third-order valence-electron chi connectivity index (χ3n) is 2.47. The van der Waals surface area contributed by atoms with Crippen LogP contribution in [0.3, 0.4) is 0 Å². The molecule has 8 heteroatoms. The van der Waals surface area contributed by atoms with E-state index in [1.165, 1.54) is 0 Å². The first kappa shape index (κ1) is 14.2. The Morgan fingerprint density at radius 3 is 2.05 bits per heavy atom. The Hall–Kier alpha value is -2.25. The van der Waals surface area contributed by atoms with Gasteiger partial charge in [0.05, 0.1) is 11.3 Å². The number of alkyl halides is 3. The minimum Gasteiger partial charge on any atom is -0.322 e. The minimum absolute atomic E-state index is 0.184. The second-order valence-electron chi connectivity index (χ2n) is 3.89. The Bertz CT molecular complexity index is 719. The van der Waals surface area contributed by atoms with Crippen molar-refractivity contribution >= 4 is 0 Å². The van der Waals surface area contributed by atoms with E-state index in [9.17, 15) is 31.1 Å². The van der Waals surface area contributed by atoms with Crippen LogP contribution in [0.5, 0.6) is 0 Å². The first-order valence-corrected chi connectivity index (χ1v) is 5.15. The molecule has 0 saturated carbocycles. The van der Waals surface area contributed by atoms with Gasteiger partial charge in [-0.2, -0.15) is 13.2 Å². The monoisotopic (exact) mass is 293 g/mol. The number of H-pyrrole nitrogens is 1. The van der Waals surface area contributed by atoms with Crippen molar-refractivity contribution in [3.63, 3.8) is 0 Å². The number of nitrogens with one attached hydrogen (secondary N) is 1. The highest BCUT2D eigenvalue weighted by Crippen LogP contribution is 2.31. The number of halogens is 6. The van der Waals surface area contributed by atoms with Gasteiger partial charge in [0.15, 0.2) is 11.6 Å². The van der Waals surface area contributed by atoms with Gasteiger partial charge < -0.3 is 4.98 Å². The summed E-state index contributed by atoms with van der Waals surface area (Å²) in [5, 5.41) is 0. The van der Waals surface area contributed by atoms with Gasteiger partial charge in [-0.15, -0.1) is 0 Å². The van der Waals surface area contributed by atoms with Crippen LogP contribution in [0.4, 0.5) is 26.3 Å². The summed E-state index contributed by atoms with van der Waals surface area (Å²) in [4.78, 5) is 13.1. The van der Waals surface area contributed by atoms with E-state index in [2.05, 4.69) is 0 Å². The summed E-state index contributed by atoms with van der Waals surface area (Å²) in [6.45, 7) is 0. The van der Waals surface area contributed by atoms with Crippen molar-refractivity contribution in [1.29, 1.82) is 0 Å². The van der Waals surface area contributed by atoms with Gasteiger partial charge in [-0.25, -0.2) is 13.2 Å². The lowest BCUT2D eigenvalue weighted by Gasteiger charge is -2.09. The Labute approximate surface area is 107 Å². The molecule has 2 nitrogen and oxygen atoms in total. The fraction of sp³-hybridized carbons (Fsp3) is 0.0833. The van der Waals surface area contributed by atoms with E-state index >= 15 is 0 Å². The molecule has 106 valence electrons. The van der Waals surface area contributed by atoms with Gasteiger partial charge in [-0.1, -0.05) is 0 Å². The van der Waals surface area contributed by atoms with Crippen molar-refractivity contribution < 1.29 is 26.3 Å². The van der Waals surface area contributed by atoms with E-state index in [0.717, 1.165) is 0 Å². The van der Waals surface area contributed by atoms with Crippen LogP contribution in [0.15, 0.2) is 29.1 Å². The predicted molar refractivity (Wildman–Crippen MR) is 57.4 cm³/mol. The minimum atomic E-state index is -4.82. The molecule has 0 saturated heterocycles. The molecule has 0 aliphatic rings. The number of rotatable bonds is 1. The van der Waals surface area contributed by atoms with E-state index < -0.39 is 46.0 Å². The fourth-order valence-electron chi connectivity index (χ4n) is 1.58. The molecule has 0 bridgehead atoms. The van der Waals surface area contributed by atoms with E-state index in [0.29, 0.717) is 12.1 Å². The number of aromatic amines is 1. The van der Waals surface area contributed by atoms with Crippen LogP contribution in [0.2, 0.25) is 0 Å². The summed E-state index contributed by atoms with van der Waals surface area (Å²) in [5.41, 5.74) is -3.73. The average molecular weight is 293 g/mol. The van der Waals surface area contributed by atoms with Gasteiger partial charge in [-0.05, 0) is 12.1 Å². The first-order chi connectivity index (χ1) is 9.18. The molecule has 2 rings (SSSR count). The highest BCUT2D eigenvalue weighted by molar-refractivity contribution is 5.60. The van der Waals surface area contributed by atoms with Crippen LogP contribution in [0.25, 0.3) is 11.3 Å². The maximum Gasteiger partial charge on any atom is 0.416 e. The molecular formula is C12H5F6NO. The van der Waals surface area contributed by atoms with Crippen LogP contribution in [-0.4, -0.2) is 4.98 Å². The lowest BCUT2D eigenvalue weighted by Crippen LogP contribution is -2.14. The summed E-state index contributed by atoms with van der Waals surface area (Å²) in [7, 11) is 0. The third kappa shape index (κ3) is 2.68. The average Bonchev–Trinajstić information content (AvgIpc) is 2.32. The molecule has 0 amide bonds. The number of aromatic nitrogens is 1. The van der Waals surface area contributed by atoms with Crippen molar-refractivity contribution in [2.45, 2.75) is 6.18 Å². The molecule has 0 unspecified atom stereocenters. The molecule has 0 spiro atoms. The Kier molecular flexibility index (Phi) is 3.33. The van der Waals surface area contributed by atoms with Crippen molar-refractivity contribution in [1.82, 2.24) is 4.98 Å². The summed E-state index contributed by atoms with van der Waals surface area (Å²) in [5.74, 6) is -4.22. The fourth-order valence-corrected chi connectivity index (χ4v) is 1.58. The summed E-state index contributed by atoms with van der Waals surface area (Å²) in [6.07, 6.45) is -4.82. The molecule has 20 heavy (non-hydrogen) atoms. The molecule has 2 aromatic rings. The van der Waals surface area contributed by atoms with Crippen LogP contribution < -0.4 is 5.56 Å². The summed E-state index contributed by atoms with van der Waals surface area (Å²) < 4.78 is 76.8. The third-order valence-corrected chi connectivity index (χ3v) is 2.47. The maximum absolute atomic E-state index is 13.5. The Morgan fingerprint density at radius 1 is 0.850 bits per heavy atom. The van der Waals surface area contributed by atoms with Crippen LogP contribution in [-0.2, 0) is 6.18 Å². The molecular weight excluding hydrogens is 288 g/mol. The molecule has 0 fully saturated rings. The van der Waals surface area contributed by atoms with Gasteiger partial charge in [0.25, 0.3) is 0 Å². The number of hydrogen-bond donors (Lipinski definition) is 1. The first-order valence-electron chi connectivity index (χ1n) is 5.15. The van der Waals surface area contributed by atoms with Crippen molar-refractivity contribution in [2.24, 2.45) is 0 Å². The highest BCUT2D eigenvalue weighted by atomic mass is 19.4. The molecule has 0 radical (unpaired) electrons. The SMILES string of the molecule is O=c1cc(C(F)(F)F)cc(-c2cc(F)c(F)cc2F)[nH]1. The maximum atomic E-state index is 13.5. The predicted octanol–water partition coefficient (Wildman–Crippen LogP) is 3.48. The van der Waals surface area contributed by atoms with Crippen molar-refractivity contribution in [3.05, 3.63) is 57.6 Å². The Balaban J connectivity index is 2.68. The van der Waals surface area contributed by atoms with Gasteiger partial charge in [0, 0.05) is 17.7 Å². The van der Waals surface area contributed by atoms with Gasteiger partial charge in [-0.3, -0.25) is 4.79 Å². The largest absolute Gasteiger partial charge is 0.416 e. The topological polar surface area (TPSA) is 32.9 Å². The highest BCUT2D eigenvalue weighted by Gasteiger charge is 2.31. The molecule has 1 heterocycles. The molecule has 1 aromatic carbocycles. The van der Waals surface area contributed by atoms with Crippen molar-refractivity contribution in [3.8, 4) is 11.3 Å². The van der Waals surface area contributed by atoms with Gasteiger partial charge in [0.2, 0.25) is 5.56 Å². The smallest absolute Gasteiger partial charge is 0.322 e. The van der Waals surface area contributed by atoms with E-state index in [1.807, 2.05) is 4.98 Å². The molecule has 0 aliphatic heterocycles. The number of pyridine rings is 1. The quantitative estimate of drug-likeness (QED) is 0.633. The zero-order valence-electron chi connectivity index (χ0n) is 9.49. The van der Waals surface area contributed by atoms with E-state index in [4.69, 9.17) is 0 Å². The second kappa shape index (κ2) is 4.69.